The van der Waals surface area contributed by atoms with E-state index in [0.29, 0.717) is 0 Å². The van der Waals surface area contributed by atoms with Crippen molar-refractivity contribution in [3.05, 3.63) is 22.0 Å². The highest BCUT2D eigenvalue weighted by Crippen LogP contribution is 2.29. The molecular weight excluding hydrogens is 164 g/mol. The summed E-state index contributed by atoms with van der Waals surface area (Å²) < 4.78 is 22.3. The lowest BCUT2D eigenvalue weighted by atomic mass is 10.2. The maximum absolute atomic E-state index is 11.1. The zero-order valence-electron chi connectivity index (χ0n) is 6.34. The number of hydrogen-bond donors (Lipinski definition) is 0. The summed E-state index contributed by atoms with van der Waals surface area (Å²) in [5.41, 5.74) is 0.287. The molecule has 0 fully saturated rings. The van der Waals surface area contributed by atoms with Crippen LogP contribution in [-0.4, -0.2) is 14.2 Å². The molecule has 0 atom stereocenters. The highest BCUT2D eigenvalue weighted by atomic mass is 32.2. The van der Waals surface area contributed by atoms with E-state index in [0.717, 1.165) is 0 Å². The Labute approximate surface area is 65.3 Å². The molecule has 0 aliphatic carbocycles. The van der Waals surface area contributed by atoms with Crippen molar-refractivity contribution < 1.29 is 13.2 Å². The molecule has 0 saturated carbocycles. The van der Waals surface area contributed by atoms with Crippen LogP contribution in [-0.2, 0) is 14.6 Å². The Balaban J connectivity index is 3.52. The second kappa shape index (κ2) is 2.04. The summed E-state index contributed by atoms with van der Waals surface area (Å²) in [7, 11) is -3.47. The monoisotopic (exact) mass is 172 g/mol. The molecule has 60 valence electrons. The van der Waals surface area contributed by atoms with Gasteiger partial charge in [-0.1, -0.05) is 6.58 Å². The van der Waals surface area contributed by atoms with Gasteiger partial charge in [-0.25, -0.2) is 8.42 Å². The predicted octanol–water partition coefficient (Wildman–Crippen LogP) is 0.791. The topological polar surface area (TPSA) is 51.2 Å². The molecule has 0 amide bonds. The minimum Gasteiger partial charge on any atom is -0.288 e. The van der Waals surface area contributed by atoms with Gasteiger partial charge in [0.1, 0.15) is 4.91 Å². The van der Waals surface area contributed by atoms with Crippen LogP contribution >= 0.6 is 0 Å². The first-order chi connectivity index (χ1) is 4.89. The molecule has 1 rings (SSSR count). The van der Waals surface area contributed by atoms with E-state index in [1.807, 2.05) is 0 Å². The molecule has 0 spiro atoms. The summed E-state index contributed by atoms with van der Waals surface area (Å²) in [5, 5.41) is 0. The molecule has 0 saturated heterocycles. The standard InChI is InChI=1S/C7H8O3S/c1-4-5(2)11(9,10)6(3)7(4)8/h3H2,1-2H3. The van der Waals surface area contributed by atoms with Crippen LogP contribution in [0.15, 0.2) is 22.0 Å². The zero-order valence-corrected chi connectivity index (χ0v) is 7.16. The lowest BCUT2D eigenvalue weighted by Gasteiger charge is -1.91. The molecule has 0 aromatic rings. The van der Waals surface area contributed by atoms with Gasteiger partial charge in [-0.3, -0.25) is 4.79 Å². The van der Waals surface area contributed by atoms with E-state index in [4.69, 9.17) is 0 Å². The minimum absolute atomic E-state index is 0.132. The van der Waals surface area contributed by atoms with Crippen LogP contribution in [0.1, 0.15) is 13.8 Å². The summed E-state index contributed by atoms with van der Waals surface area (Å²) >= 11 is 0. The van der Waals surface area contributed by atoms with Crippen molar-refractivity contribution in [1.82, 2.24) is 0 Å². The molecule has 0 N–H and O–H groups in total. The molecule has 0 radical (unpaired) electrons. The molecule has 1 aliphatic rings. The summed E-state index contributed by atoms with van der Waals surface area (Å²) in [6.07, 6.45) is 0. The second-order valence-electron chi connectivity index (χ2n) is 2.44. The lowest BCUT2D eigenvalue weighted by Crippen LogP contribution is -2.02. The molecule has 0 aromatic carbocycles. The molecular formula is C7H8O3S. The molecule has 1 aliphatic heterocycles. The third-order valence-corrected chi connectivity index (χ3v) is 3.80. The third-order valence-electron chi connectivity index (χ3n) is 1.85. The number of carbonyl (C=O) groups excluding carboxylic acids is 1. The highest BCUT2D eigenvalue weighted by molar-refractivity contribution is 8.00. The number of hydrogen-bond acceptors (Lipinski definition) is 3. The molecule has 0 unspecified atom stereocenters. The SMILES string of the molecule is C=C1C(=O)C(C)=C(C)S1(=O)=O. The van der Waals surface area contributed by atoms with Gasteiger partial charge in [0, 0.05) is 5.57 Å². The first kappa shape index (κ1) is 8.20. The Morgan fingerprint density at radius 1 is 1.27 bits per heavy atom. The first-order valence-electron chi connectivity index (χ1n) is 3.05. The first-order valence-corrected chi connectivity index (χ1v) is 4.53. The Morgan fingerprint density at radius 2 is 1.73 bits per heavy atom. The quantitative estimate of drug-likeness (QED) is 0.507. The van der Waals surface area contributed by atoms with E-state index in [1.54, 1.807) is 0 Å². The van der Waals surface area contributed by atoms with Crippen molar-refractivity contribution in [1.29, 1.82) is 0 Å². The summed E-state index contributed by atoms with van der Waals surface area (Å²) in [6.45, 7) is 6.12. The average molecular weight is 172 g/mol. The van der Waals surface area contributed by atoms with E-state index >= 15 is 0 Å². The van der Waals surface area contributed by atoms with Crippen LogP contribution < -0.4 is 0 Å². The number of carbonyl (C=O) groups is 1. The summed E-state index contributed by atoms with van der Waals surface area (Å²) in [5.74, 6) is -0.456. The van der Waals surface area contributed by atoms with Crippen LogP contribution in [0.4, 0.5) is 0 Å². The van der Waals surface area contributed by atoms with Crippen LogP contribution in [0.25, 0.3) is 0 Å². The fourth-order valence-electron chi connectivity index (χ4n) is 0.877. The van der Waals surface area contributed by atoms with Gasteiger partial charge >= 0.3 is 0 Å². The average Bonchev–Trinajstić information content (AvgIpc) is 2.06. The van der Waals surface area contributed by atoms with Crippen molar-refractivity contribution >= 4 is 15.6 Å². The smallest absolute Gasteiger partial charge is 0.206 e. The van der Waals surface area contributed by atoms with Crippen molar-refractivity contribution in [2.45, 2.75) is 13.8 Å². The Hall–Kier alpha value is -0.900. The number of rotatable bonds is 0. The van der Waals surface area contributed by atoms with Crippen LogP contribution in [0.5, 0.6) is 0 Å². The van der Waals surface area contributed by atoms with E-state index in [1.165, 1.54) is 13.8 Å². The fourth-order valence-corrected chi connectivity index (χ4v) is 2.14. The maximum Gasteiger partial charge on any atom is 0.206 e. The minimum atomic E-state index is -3.47. The number of Topliss-reactive ketones (excluding diaryl/α,β-unsaturated/α-hetero) is 1. The molecule has 1 heterocycles. The number of ketones is 1. The van der Waals surface area contributed by atoms with Gasteiger partial charge in [0.25, 0.3) is 0 Å². The van der Waals surface area contributed by atoms with Gasteiger partial charge in [0.2, 0.25) is 15.6 Å². The van der Waals surface area contributed by atoms with Crippen molar-refractivity contribution in [2.24, 2.45) is 0 Å². The van der Waals surface area contributed by atoms with Crippen molar-refractivity contribution in [3.8, 4) is 0 Å². The van der Waals surface area contributed by atoms with Gasteiger partial charge in [-0.15, -0.1) is 0 Å². The molecule has 11 heavy (non-hydrogen) atoms. The van der Waals surface area contributed by atoms with Gasteiger partial charge in [0.05, 0.1) is 4.91 Å². The van der Waals surface area contributed by atoms with E-state index in [2.05, 4.69) is 6.58 Å². The Kier molecular flexibility index (Phi) is 1.52. The molecule has 0 bridgehead atoms. The van der Waals surface area contributed by atoms with Crippen molar-refractivity contribution in [3.63, 3.8) is 0 Å². The Bertz CT molecular complexity index is 370. The molecule has 4 heteroatoms. The van der Waals surface area contributed by atoms with Crippen LogP contribution in [0.3, 0.4) is 0 Å². The normalized spacial score (nSPS) is 23.1. The molecule has 0 aromatic heterocycles. The van der Waals surface area contributed by atoms with E-state index < -0.39 is 15.6 Å². The van der Waals surface area contributed by atoms with Gasteiger partial charge < -0.3 is 0 Å². The number of allylic oxidation sites excluding steroid dienone is 3. The maximum atomic E-state index is 11.1. The largest absolute Gasteiger partial charge is 0.288 e. The molecule has 3 nitrogen and oxygen atoms in total. The van der Waals surface area contributed by atoms with E-state index in [-0.39, 0.29) is 15.4 Å². The predicted molar refractivity (Wildman–Crippen MR) is 41.4 cm³/mol. The van der Waals surface area contributed by atoms with E-state index in [9.17, 15) is 13.2 Å². The highest BCUT2D eigenvalue weighted by Gasteiger charge is 2.35. The van der Waals surface area contributed by atoms with Crippen LogP contribution in [0.2, 0.25) is 0 Å². The fraction of sp³-hybridized carbons (Fsp3) is 0.286. The zero-order chi connectivity index (χ0) is 8.81. The van der Waals surface area contributed by atoms with Gasteiger partial charge in [-0.05, 0) is 13.8 Å². The van der Waals surface area contributed by atoms with Gasteiger partial charge in [0.15, 0.2) is 0 Å². The third kappa shape index (κ3) is 0.860. The second-order valence-corrected chi connectivity index (χ2v) is 4.55. The van der Waals surface area contributed by atoms with Crippen molar-refractivity contribution in [2.75, 3.05) is 0 Å². The number of sulfone groups is 1. The Morgan fingerprint density at radius 3 is 1.82 bits per heavy atom. The summed E-state index contributed by atoms with van der Waals surface area (Å²) in [4.78, 5) is 10.8. The summed E-state index contributed by atoms with van der Waals surface area (Å²) in [6, 6.07) is 0. The lowest BCUT2D eigenvalue weighted by molar-refractivity contribution is -0.111. The van der Waals surface area contributed by atoms with Crippen LogP contribution in [0, 0.1) is 0 Å². The van der Waals surface area contributed by atoms with Gasteiger partial charge in [-0.2, -0.15) is 0 Å².